The third kappa shape index (κ3) is 2.48. The molecule has 70 valence electrons. The highest BCUT2D eigenvalue weighted by Gasteiger charge is 2.21. The van der Waals surface area contributed by atoms with Crippen LogP contribution in [0.5, 0.6) is 0 Å². The van der Waals surface area contributed by atoms with Crippen LogP contribution in [0.1, 0.15) is 26.7 Å². The van der Waals surface area contributed by atoms with Crippen LogP contribution in [0.3, 0.4) is 0 Å². The first-order valence-electron chi connectivity index (χ1n) is 4.74. The van der Waals surface area contributed by atoms with Crippen molar-refractivity contribution in [2.75, 3.05) is 19.6 Å². The van der Waals surface area contributed by atoms with Crippen LogP contribution < -0.4 is 5.73 Å². The summed E-state index contributed by atoms with van der Waals surface area (Å²) in [4.78, 5) is 6.74. The van der Waals surface area contributed by atoms with Crippen molar-refractivity contribution in [2.45, 2.75) is 32.7 Å². The van der Waals surface area contributed by atoms with E-state index in [1.54, 1.807) is 0 Å². The van der Waals surface area contributed by atoms with Crippen LogP contribution in [0.4, 0.5) is 0 Å². The quantitative estimate of drug-likeness (QED) is 0.502. The smallest absolute Gasteiger partial charge is 0.0906 e. The maximum atomic E-state index is 5.49. The van der Waals surface area contributed by atoms with E-state index in [1.807, 2.05) is 6.92 Å². The molecule has 1 saturated heterocycles. The van der Waals surface area contributed by atoms with Gasteiger partial charge in [-0.15, -0.1) is 0 Å². The van der Waals surface area contributed by atoms with E-state index in [9.17, 15) is 0 Å². The van der Waals surface area contributed by atoms with Gasteiger partial charge < -0.3 is 5.73 Å². The van der Waals surface area contributed by atoms with Crippen LogP contribution in [-0.4, -0.2) is 36.4 Å². The SMILES string of the molecule is CCN1CCCC1CN=C(C)N. The van der Waals surface area contributed by atoms with Gasteiger partial charge in [-0.3, -0.25) is 9.89 Å². The molecular weight excluding hydrogens is 150 g/mol. The molecule has 0 saturated carbocycles. The fourth-order valence-corrected chi connectivity index (χ4v) is 1.77. The summed E-state index contributed by atoms with van der Waals surface area (Å²) >= 11 is 0. The van der Waals surface area contributed by atoms with Gasteiger partial charge in [0, 0.05) is 6.04 Å². The molecule has 0 aromatic carbocycles. The van der Waals surface area contributed by atoms with E-state index in [4.69, 9.17) is 5.73 Å². The number of likely N-dealkylation sites (tertiary alicyclic amines) is 1. The molecule has 3 nitrogen and oxygen atoms in total. The van der Waals surface area contributed by atoms with Crippen molar-refractivity contribution in [3.8, 4) is 0 Å². The van der Waals surface area contributed by atoms with Crippen LogP contribution in [0.15, 0.2) is 4.99 Å². The second-order valence-corrected chi connectivity index (χ2v) is 3.41. The van der Waals surface area contributed by atoms with E-state index < -0.39 is 0 Å². The lowest BCUT2D eigenvalue weighted by molar-refractivity contribution is 0.273. The molecule has 2 N–H and O–H groups in total. The first-order valence-corrected chi connectivity index (χ1v) is 4.74. The molecule has 0 radical (unpaired) electrons. The molecule has 0 aromatic heterocycles. The van der Waals surface area contributed by atoms with Crippen molar-refractivity contribution in [2.24, 2.45) is 10.7 Å². The molecule has 3 heteroatoms. The van der Waals surface area contributed by atoms with Gasteiger partial charge in [0.05, 0.1) is 12.4 Å². The number of rotatable bonds is 3. The molecule has 1 fully saturated rings. The number of nitrogens with two attached hydrogens (primary N) is 1. The summed E-state index contributed by atoms with van der Waals surface area (Å²) in [5.41, 5.74) is 5.49. The van der Waals surface area contributed by atoms with Crippen LogP contribution in [0.2, 0.25) is 0 Å². The van der Waals surface area contributed by atoms with Crippen LogP contribution in [0.25, 0.3) is 0 Å². The summed E-state index contributed by atoms with van der Waals surface area (Å²) < 4.78 is 0. The van der Waals surface area contributed by atoms with Crippen molar-refractivity contribution < 1.29 is 0 Å². The third-order valence-electron chi connectivity index (χ3n) is 2.46. The zero-order valence-electron chi connectivity index (χ0n) is 8.08. The first kappa shape index (κ1) is 9.52. The molecule has 1 aliphatic heterocycles. The van der Waals surface area contributed by atoms with Crippen molar-refractivity contribution in [1.82, 2.24) is 4.90 Å². The topological polar surface area (TPSA) is 41.6 Å². The maximum absolute atomic E-state index is 5.49. The Morgan fingerprint density at radius 3 is 3.00 bits per heavy atom. The highest BCUT2D eigenvalue weighted by atomic mass is 15.2. The molecule has 0 amide bonds. The fourth-order valence-electron chi connectivity index (χ4n) is 1.77. The van der Waals surface area contributed by atoms with E-state index >= 15 is 0 Å². The van der Waals surface area contributed by atoms with Gasteiger partial charge in [0.2, 0.25) is 0 Å². The lowest BCUT2D eigenvalue weighted by Crippen LogP contribution is -2.31. The molecule has 1 rings (SSSR count). The van der Waals surface area contributed by atoms with E-state index in [0.717, 1.165) is 13.1 Å². The molecule has 1 unspecified atom stereocenters. The van der Waals surface area contributed by atoms with E-state index in [0.29, 0.717) is 11.9 Å². The standard InChI is InChI=1S/C9H19N3/c1-3-12-6-4-5-9(12)7-11-8(2)10/h9H,3-7H2,1-2H3,(H2,10,11). The predicted octanol–water partition coefficient (Wildman–Crippen LogP) is 0.848. The average molecular weight is 169 g/mol. The van der Waals surface area contributed by atoms with Gasteiger partial charge in [-0.1, -0.05) is 6.92 Å². The highest BCUT2D eigenvalue weighted by molar-refractivity contribution is 5.77. The van der Waals surface area contributed by atoms with E-state index in [-0.39, 0.29) is 0 Å². The van der Waals surface area contributed by atoms with Gasteiger partial charge in [0.25, 0.3) is 0 Å². The van der Waals surface area contributed by atoms with Gasteiger partial charge >= 0.3 is 0 Å². The Morgan fingerprint density at radius 2 is 2.42 bits per heavy atom. The molecule has 0 spiro atoms. The van der Waals surface area contributed by atoms with Crippen LogP contribution in [-0.2, 0) is 0 Å². The number of amidine groups is 1. The largest absolute Gasteiger partial charge is 0.388 e. The first-order chi connectivity index (χ1) is 5.74. The van der Waals surface area contributed by atoms with Gasteiger partial charge in [-0.05, 0) is 32.9 Å². The molecule has 0 aromatic rings. The van der Waals surface area contributed by atoms with Gasteiger partial charge in [-0.25, -0.2) is 0 Å². The molecule has 1 atom stereocenters. The fraction of sp³-hybridized carbons (Fsp3) is 0.889. The number of likely N-dealkylation sites (N-methyl/N-ethyl adjacent to an activating group) is 1. The van der Waals surface area contributed by atoms with E-state index in [1.165, 1.54) is 19.4 Å². The summed E-state index contributed by atoms with van der Waals surface area (Å²) in [6.45, 7) is 7.32. The molecule has 12 heavy (non-hydrogen) atoms. The minimum atomic E-state index is 0.647. The van der Waals surface area contributed by atoms with Crippen LogP contribution >= 0.6 is 0 Å². The Balaban J connectivity index is 2.35. The minimum absolute atomic E-state index is 0.647. The number of hydrogen-bond acceptors (Lipinski definition) is 2. The average Bonchev–Trinajstić information content (AvgIpc) is 2.47. The molecule has 1 heterocycles. The lowest BCUT2D eigenvalue weighted by Gasteiger charge is -2.20. The number of nitrogens with zero attached hydrogens (tertiary/aromatic N) is 2. The van der Waals surface area contributed by atoms with Crippen molar-refractivity contribution in [3.63, 3.8) is 0 Å². The molecular formula is C9H19N3. The highest BCUT2D eigenvalue weighted by Crippen LogP contribution is 2.16. The summed E-state index contributed by atoms with van der Waals surface area (Å²) in [7, 11) is 0. The molecule has 1 aliphatic rings. The molecule has 0 aliphatic carbocycles. The van der Waals surface area contributed by atoms with Crippen LogP contribution in [0, 0.1) is 0 Å². The second kappa shape index (κ2) is 4.45. The third-order valence-corrected chi connectivity index (χ3v) is 2.46. The minimum Gasteiger partial charge on any atom is -0.388 e. The summed E-state index contributed by atoms with van der Waals surface area (Å²) in [6.07, 6.45) is 2.60. The van der Waals surface area contributed by atoms with Crippen molar-refractivity contribution in [1.29, 1.82) is 0 Å². The van der Waals surface area contributed by atoms with E-state index in [2.05, 4.69) is 16.8 Å². The Hall–Kier alpha value is -0.570. The van der Waals surface area contributed by atoms with Crippen molar-refractivity contribution >= 4 is 5.84 Å². The van der Waals surface area contributed by atoms with Gasteiger partial charge in [0.1, 0.15) is 0 Å². The van der Waals surface area contributed by atoms with Gasteiger partial charge in [-0.2, -0.15) is 0 Å². The Morgan fingerprint density at radius 1 is 1.67 bits per heavy atom. The molecule has 0 bridgehead atoms. The normalized spacial score (nSPS) is 26.5. The predicted molar refractivity (Wildman–Crippen MR) is 52.4 cm³/mol. The maximum Gasteiger partial charge on any atom is 0.0906 e. The summed E-state index contributed by atoms with van der Waals surface area (Å²) in [6, 6.07) is 0.647. The number of hydrogen-bond donors (Lipinski definition) is 1. The zero-order valence-corrected chi connectivity index (χ0v) is 8.08. The zero-order chi connectivity index (χ0) is 8.97. The van der Waals surface area contributed by atoms with Crippen molar-refractivity contribution in [3.05, 3.63) is 0 Å². The van der Waals surface area contributed by atoms with Gasteiger partial charge in [0.15, 0.2) is 0 Å². The summed E-state index contributed by atoms with van der Waals surface area (Å²) in [5, 5.41) is 0. The Bertz CT molecular complexity index is 161. The number of aliphatic imine (C=N–C) groups is 1. The second-order valence-electron chi connectivity index (χ2n) is 3.41. The summed E-state index contributed by atoms with van der Waals surface area (Å²) in [5.74, 6) is 0.706. The Labute approximate surface area is 74.6 Å². The monoisotopic (exact) mass is 169 g/mol. The Kier molecular flexibility index (Phi) is 3.53. The lowest BCUT2D eigenvalue weighted by atomic mass is 10.2.